The van der Waals surface area contributed by atoms with E-state index in [1.165, 1.54) is 37.8 Å². The molecule has 5 nitrogen and oxygen atoms in total. The van der Waals surface area contributed by atoms with Gasteiger partial charge in [0.25, 0.3) is 0 Å². The average molecular weight is 425 g/mol. The van der Waals surface area contributed by atoms with E-state index in [0.717, 1.165) is 0 Å². The van der Waals surface area contributed by atoms with Gasteiger partial charge in [-0.15, -0.1) is 0 Å². The van der Waals surface area contributed by atoms with Gasteiger partial charge < -0.3 is 14.9 Å². The van der Waals surface area contributed by atoms with Crippen molar-refractivity contribution >= 4 is 17.3 Å². The Morgan fingerprint density at radius 1 is 1.23 bits per heavy atom. The minimum Gasteiger partial charge on any atom is -0.507 e. The molecule has 4 rings (SSSR count). The first-order valence-corrected chi connectivity index (χ1v) is 11.2. The maximum atomic E-state index is 12.5. The highest BCUT2D eigenvalue weighted by atomic mass is 16.5. The van der Waals surface area contributed by atoms with Crippen LogP contribution in [0.4, 0.5) is 0 Å². The lowest BCUT2D eigenvalue weighted by Gasteiger charge is -2.33. The van der Waals surface area contributed by atoms with E-state index in [0.29, 0.717) is 23.7 Å². The Kier molecular flexibility index (Phi) is 4.87. The van der Waals surface area contributed by atoms with Crippen molar-refractivity contribution in [1.82, 2.24) is 0 Å². The number of aliphatic hydroxyl groups excluding tert-OH is 1. The highest BCUT2D eigenvalue weighted by Gasteiger charge is 2.48. The van der Waals surface area contributed by atoms with Gasteiger partial charge in [-0.05, 0) is 57.4 Å². The number of carbonyl (C=O) groups is 2. The zero-order valence-corrected chi connectivity index (χ0v) is 19.3. The molecule has 1 fully saturated rings. The third kappa shape index (κ3) is 2.89. The highest BCUT2D eigenvalue weighted by Crippen LogP contribution is 2.55. The summed E-state index contributed by atoms with van der Waals surface area (Å²) in [6, 6.07) is 1.31. The van der Waals surface area contributed by atoms with E-state index in [4.69, 9.17) is 4.74 Å². The fourth-order valence-corrected chi connectivity index (χ4v) is 5.62. The van der Waals surface area contributed by atoms with Gasteiger partial charge in [0.05, 0.1) is 5.56 Å². The standard InChI is InChI=1S/C26H32O5/c1-13-8-7-10-25(13,5)14(2)9-11-26(6)16(4)31-24-19-17(12-18(27)20(24)26)23(30)22(29)15(3)21(19)28/h9,12-13,16,27-28H,7-8,10-11H2,1-6H3. The molecule has 5 heteroatoms. The van der Waals surface area contributed by atoms with E-state index in [9.17, 15) is 19.8 Å². The molecule has 4 unspecified atom stereocenters. The van der Waals surface area contributed by atoms with E-state index in [2.05, 4.69) is 26.8 Å². The van der Waals surface area contributed by atoms with Crippen LogP contribution in [0, 0.1) is 11.3 Å². The number of allylic oxidation sites excluding steroid dienone is 3. The number of rotatable bonds is 3. The Bertz CT molecular complexity index is 1060. The Labute approximate surface area is 183 Å². The molecule has 1 saturated carbocycles. The van der Waals surface area contributed by atoms with Crippen LogP contribution in [0.25, 0.3) is 5.76 Å². The molecule has 166 valence electrons. The summed E-state index contributed by atoms with van der Waals surface area (Å²) in [6.45, 7) is 12.3. The molecule has 1 aliphatic heterocycles. The van der Waals surface area contributed by atoms with Gasteiger partial charge in [-0.3, -0.25) is 9.59 Å². The number of hydrogen-bond acceptors (Lipinski definition) is 5. The fraction of sp³-hybridized carbons (Fsp3) is 0.538. The Balaban J connectivity index is 1.81. The summed E-state index contributed by atoms with van der Waals surface area (Å²) in [5, 5.41) is 21.6. The van der Waals surface area contributed by atoms with Crippen molar-refractivity contribution in [1.29, 1.82) is 0 Å². The zero-order chi connectivity index (χ0) is 22.9. The quantitative estimate of drug-likeness (QED) is 0.484. The molecule has 0 amide bonds. The van der Waals surface area contributed by atoms with Crippen LogP contribution >= 0.6 is 0 Å². The van der Waals surface area contributed by atoms with Crippen molar-refractivity contribution in [2.45, 2.75) is 78.7 Å². The van der Waals surface area contributed by atoms with Crippen LogP contribution in [0.15, 0.2) is 23.3 Å². The molecule has 4 atom stereocenters. The number of Topliss-reactive ketones (excluding diaryl/α,β-unsaturated/α-hetero) is 2. The minimum absolute atomic E-state index is 0.000172. The molecule has 2 N–H and O–H groups in total. The van der Waals surface area contributed by atoms with Crippen LogP contribution in [0.5, 0.6) is 11.5 Å². The number of hydrogen-bond donors (Lipinski definition) is 2. The summed E-state index contributed by atoms with van der Waals surface area (Å²) in [4.78, 5) is 24.7. The van der Waals surface area contributed by atoms with Gasteiger partial charge >= 0.3 is 0 Å². The lowest BCUT2D eigenvalue weighted by atomic mass is 9.71. The Hall–Kier alpha value is -2.56. The molecule has 1 aromatic rings. The third-order valence-corrected chi connectivity index (χ3v) is 8.56. The van der Waals surface area contributed by atoms with Crippen LogP contribution in [0.3, 0.4) is 0 Å². The van der Waals surface area contributed by atoms with E-state index in [1.54, 1.807) is 0 Å². The van der Waals surface area contributed by atoms with Crippen molar-refractivity contribution < 1.29 is 24.5 Å². The van der Waals surface area contributed by atoms with E-state index in [-0.39, 0.29) is 39.7 Å². The van der Waals surface area contributed by atoms with Gasteiger partial charge in [0.1, 0.15) is 23.4 Å². The normalized spacial score (nSPS) is 32.9. The van der Waals surface area contributed by atoms with Crippen molar-refractivity contribution in [3.05, 3.63) is 40.0 Å². The van der Waals surface area contributed by atoms with Gasteiger partial charge in [-0.1, -0.05) is 38.8 Å². The van der Waals surface area contributed by atoms with E-state index in [1.807, 2.05) is 13.8 Å². The second-order valence-electron chi connectivity index (χ2n) is 10.1. The molecule has 0 bridgehead atoms. The lowest BCUT2D eigenvalue weighted by molar-refractivity contribution is -0.111. The molecule has 1 aromatic carbocycles. The largest absolute Gasteiger partial charge is 0.507 e. The summed E-state index contributed by atoms with van der Waals surface area (Å²) in [5.41, 5.74) is 1.83. The Morgan fingerprint density at radius 3 is 2.52 bits per heavy atom. The minimum atomic E-state index is -0.754. The van der Waals surface area contributed by atoms with Crippen molar-refractivity contribution in [3.63, 3.8) is 0 Å². The summed E-state index contributed by atoms with van der Waals surface area (Å²) in [6.07, 6.45) is 6.32. The number of aromatic hydroxyl groups is 1. The second kappa shape index (κ2) is 6.98. The van der Waals surface area contributed by atoms with Gasteiger partial charge in [-0.2, -0.15) is 0 Å². The van der Waals surface area contributed by atoms with Crippen LogP contribution in [-0.4, -0.2) is 27.9 Å². The molecular formula is C26H32O5. The molecular weight excluding hydrogens is 392 g/mol. The van der Waals surface area contributed by atoms with Crippen LogP contribution in [0.2, 0.25) is 0 Å². The first kappa shape index (κ1) is 21.7. The fourth-order valence-electron chi connectivity index (χ4n) is 5.62. The summed E-state index contributed by atoms with van der Waals surface area (Å²) in [7, 11) is 0. The van der Waals surface area contributed by atoms with Gasteiger partial charge in [0, 0.05) is 22.1 Å². The number of benzene rings is 1. The van der Waals surface area contributed by atoms with Crippen molar-refractivity contribution in [2.75, 3.05) is 0 Å². The van der Waals surface area contributed by atoms with Gasteiger partial charge in [-0.25, -0.2) is 0 Å². The lowest BCUT2D eigenvalue weighted by Crippen LogP contribution is -2.32. The number of ketones is 2. The van der Waals surface area contributed by atoms with Gasteiger partial charge in [0.2, 0.25) is 11.6 Å². The molecule has 0 saturated heterocycles. The van der Waals surface area contributed by atoms with Crippen LogP contribution < -0.4 is 4.74 Å². The zero-order valence-electron chi connectivity index (χ0n) is 19.3. The maximum Gasteiger partial charge on any atom is 0.234 e. The average Bonchev–Trinajstić information content (AvgIpc) is 3.20. The van der Waals surface area contributed by atoms with Crippen molar-refractivity contribution in [2.24, 2.45) is 11.3 Å². The number of ether oxygens (including phenoxy) is 1. The molecule has 3 aliphatic rings. The maximum absolute atomic E-state index is 12.5. The predicted octanol–water partition coefficient (Wildman–Crippen LogP) is 5.65. The van der Waals surface area contributed by atoms with Crippen LogP contribution in [-0.2, 0) is 10.2 Å². The third-order valence-electron chi connectivity index (χ3n) is 8.56. The number of fused-ring (bicyclic) bond motifs is 3. The first-order valence-electron chi connectivity index (χ1n) is 11.2. The molecule has 1 heterocycles. The number of phenols is 1. The molecule has 2 aliphatic carbocycles. The molecule has 31 heavy (non-hydrogen) atoms. The number of phenolic OH excluding ortho intramolecular Hbond substituents is 1. The van der Waals surface area contributed by atoms with Crippen molar-refractivity contribution in [3.8, 4) is 11.5 Å². The monoisotopic (exact) mass is 424 g/mol. The highest BCUT2D eigenvalue weighted by molar-refractivity contribution is 6.52. The van der Waals surface area contributed by atoms with E-state index >= 15 is 0 Å². The number of aliphatic hydroxyl groups is 1. The van der Waals surface area contributed by atoms with E-state index < -0.39 is 17.0 Å². The summed E-state index contributed by atoms with van der Waals surface area (Å²) >= 11 is 0. The molecule has 0 radical (unpaired) electrons. The summed E-state index contributed by atoms with van der Waals surface area (Å²) in [5.74, 6) is -0.848. The first-order chi connectivity index (χ1) is 14.4. The van der Waals surface area contributed by atoms with Crippen LogP contribution in [0.1, 0.15) is 88.7 Å². The SMILES string of the molecule is CC(=CCC1(C)c2c(O)cc3c(c2OC1C)C(O)=C(C)C(=O)C3=O)C1(C)CCCC1C. The van der Waals surface area contributed by atoms with Gasteiger partial charge in [0.15, 0.2) is 0 Å². The summed E-state index contributed by atoms with van der Waals surface area (Å²) < 4.78 is 6.16. The smallest absolute Gasteiger partial charge is 0.234 e. The molecule has 0 aromatic heterocycles. The number of carbonyl (C=O) groups excluding carboxylic acids is 2. The Morgan fingerprint density at radius 2 is 1.90 bits per heavy atom. The molecule has 0 spiro atoms. The second-order valence-corrected chi connectivity index (χ2v) is 10.1. The topological polar surface area (TPSA) is 83.8 Å². The predicted molar refractivity (Wildman–Crippen MR) is 120 cm³/mol.